The molecule has 1 aliphatic rings. The number of nitrogen functional groups attached to an aromatic ring is 1. The zero-order valence-electron chi connectivity index (χ0n) is 18.4. The summed E-state index contributed by atoms with van der Waals surface area (Å²) in [6, 6.07) is 8.09. The van der Waals surface area contributed by atoms with Crippen molar-refractivity contribution < 1.29 is 27.8 Å². The van der Waals surface area contributed by atoms with Crippen LogP contribution < -0.4 is 10.5 Å². The van der Waals surface area contributed by atoms with Crippen molar-refractivity contribution in [3.8, 4) is 16.9 Å². The van der Waals surface area contributed by atoms with E-state index in [-0.39, 0.29) is 5.92 Å². The van der Waals surface area contributed by atoms with E-state index in [2.05, 4.69) is 6.92 Å². The maximum absolute atomic E-state index is 13.0. The van der Waals surface area contributed by atoms with Crippen LogP contribution in [0.25, 0.3) is 11.1 Å². The molecule has 1 fully saturated rings. The average molecular weight is 450 g/mol. The lowest BCUT2D eigenvalue weighted by atomic mass is 9.86. The van der Waals surface area contributed by atoms with E-state index in [0.717, 1.165) is 37.8 Å². The molecule has 3 N–H and O–H groups in total. The van der Waals surface area contributed by atoms with Gasteiger partial charge in [0.15, 0.2) is 0 Å². The summed E-state index contributed by atoms with van der Waals surface area (Å²) >= 11 is 0. The second kappa shape index (κ2) is 9.84. The van der Waals surface area contributed by atoms with Crippen molar-refractivity contribution in [1.29, 1.82) is 0 Å². The van der Waals surface area contributed by atoms with Gasteiger partial charge in [0.2, 0.25) is 0 Å². The number of hydrogen-bond donors (Lipinski definition) is 2. The number of ether oxygens (including phenoxy) is 1. The molecule has 0 spiro atoms. The number of carbonyl (C=O) groups is 1. The minimum atomic E-state index is -4.44. The van der Waals surface area contributed by atoms with Crippen LogP contribution in [0.4, 0.5) is 18.9 Å². The molecule has 3 rings (SSSR count). The second-order valence-corrected chi connectivity index (χ2v) is 8.83. The Hall–Kier alpha value is -2.70. The summed E-state index contributed by atoms with van der Waals surface area (Å²) in [6.07, 6.45) is 0.0581. The highest BCUT2D eigenvalue weighted by atomic mass is 19.4. The lowest BCUT2D eigenvalue weighted by molar-refractivity contribution is -0.139. The first-order chi connectivity index (χ1) is 15.1. The number of aliphatic carboxylic acids is 1. The molecule has 1 aliphatic carbocycles. The first-order valence-corrected chi connectivity index (χ1v) is 11.1. The molecule has 0 amide bonds. The van der Waals surface area contributed by atoms with Crippen LogP contribution >= 0.6 is 0 Å². The Balaban J connectivity index is 2.02. The van der Waals surface area contributed by atoms with E-state index < -0.39 is 23.6 Å². The van der Waals surface area contributed by atoms with E-state index >= 15 is 0 Å². The number of benzene rings is 2. The minimum Gasteiger partial charge on any atom is -0.491 e. The van der Waals surface area contributed by atoms with Gasteiger partial charge in [-0.2, -0.15) is 13.2 Å². The zero-order chi connectivity index (χ0) is 23.5. The molecular weight excluding hydrogens is 419 g/mol. The number of hydrogen-bond acceptors (Lipinski definition) is 3. The Morgan fingerprint density at radius 3 is 2.41 bits per heavy atom. The highest BCUT2D eigenvalue weighted by Gasteiger charge is 2.30. The maximum Gasteiger partial charge on any atom is 0.416 e. The predicted octanol–water partition coefficient (Wildman–Crippen LogP) is 6.74. The third-order valence-electron chi connectivity index (χ3n) is 5.98. The SMILES string of the molecule is CCCC(C)CC(C(=O)O)c1cc(OCC2CC2)c(N)c(-c2ccc(C(F)(F)F)cc2)c1. The fourth-order valence-corrected chi connectivity index (χ4v) is 3.93. The van der Waals surface area contributed by atoms with Crippen molar-refractivity contribution in [2.24, 2.45) is 11.8 Å². The highest BCUT2D eigenvalue weighted by Crippen LogP contribution is 2.41. The highest BCUT2D eigenvalue weighted by molar-refractivity contribution is 5.84. The Labute approximate surface area is 186 Å². The molecule has 0 bridgehead atoms. The van der Waals surface area contributed by atoms with E-state index in [0.29, 0.717) is 47.1 Å². The third-order valence-corrected chi connectivity index (χ3v) is 5.98. The predicted molar refractivity (Wildman–Crippen MR) is 119 cm³/mol. The van der Waals surface area contributed by atoms with Crippen molar-refractivity contribution in [1.82, 2.24) is 0 Å². The molecule has 2 aromatic rings. The van der Waals surface area contributed by atoms with Gasteiger partial charge in [-0.15, -0.1) is 0 Å². The molecule has 2 atom stereocenters. The van der Waals surface area contributed by atoms with Gasteiger partial charge in [0.05, 0.1) is 23.8 Å². The van der Waals surface area contributed by atoms with Crippen molar-refractivity contribution in [2.75, 3.05) is 12.3 Å². The quantitative estimate of drug-likeness (QED) is 0.394. The molecule has 0 aliphatic heterocycles. The summed E-state index contributed by atoms with van der Waals surface area (Å²) in [5.74, 6) is -0.632. The van der Waals surface area contributed by atoms with Gasteiger partial charge >= 0.3 is 12.1 Å². The number of halogens is 3. The number of anilines is 1. The topological polar surface area (TPSA) is 72.5 Å². The van der Waals surface area contributed by atoms with Gasteiger partial charge in [-0.1, -0.05) is 38.8 Å². The van der Waals surface area contributed by atoms with Gasteiger partial charge in [-0.25, -0.2) is 0 Å². The van der Waals surface area contributed by atoms with Gasteiger partial charge in [0.25, 0.3) is 0 Å². The molecule has 0 heterocycles. The maximum atomic E-state index is 13.0. The standard InChI is InChI=1S/C25H30F3NO3/c1-3-4-15(2)11-21(24(30)31)18-12-20(17-7-9-19(10-8-17)25(26,27)28)23(29)22(13-18)32-14-16-5-6-16/h7-10,12-13,15-16,21H,3-6,11,14,29H2,1-2H3,(H,30,31). The monoisotopic (exact) mass is 449 g/mol. The van der Waals surface area contributed by atoms with Gasteiger partial charge in [-0.05, 0) is 66.5 Å². The van der Waals surface area contributed by atoms with Crippen molar-refractivity contribution in [2.45, 2.75) is 58.0 Å². The van der Waals surface area contributed by atoms with Gasteiger partial charge in [0, 0.05) is 5.56 Å². The number of carboxylic acids is 1. The fraction of sp³-hybridized carbons (Fsp3) is 0.480. The zero-order valence-corrected chi connectivity index (χ0v) is 18.4. The van der Waals surface area contributed by atoms with Crippen LogP contribution in [-0.2, 0) is 11.0 Å². The van der Waals surface area contributed by atoms with Gasteiger partial charge in [0.1, 0.15) is 5.75 Å². The molecule has 0 aromatic heterocycles. The van der Waals surface area contributed by atoms with E-state index in [1.165, 1.54) is 12.1 Å². The summed E-state index contributed by atoms with van der Waals surface area (Å²) in [4.78, 5) is 12.1. The van der Waals surface area contributed by atoms with Crippen LogP contribution in [0.15, 0.2) is 36.4 Å². The molecule has 2 unspecified atom stereocenters. The van der Waals surface area contributed by atoms with Crippen molar-refractivity contribution in [3.63, 3.8) is 0 Å². The lowest BCUT2D eigenvalue weighted by Crippen LogP contribution is -2.16. The number of nitrogens with two attached hydrogens (primary N) is 1. The third kappa shape index (κ3) is 5.96. The van der Waals surface area contributed by atoms with Crippen LogP contribution in [0.5, 0.6) is 5.75 Å². The van der Waals surface area contributed by atoms with Crippen LogP contribution in [0.3, 0.4) is 0 Å². The van der Waals surface area contributed by atoms with Crippen molar-refractivity contribution in [3.05, 3.63) is 47.5 Å². The second-order valence-electron chi connectivity index (χ2n) is 8.83. The molecule has 2 aromatic carbocycles. The molecule has 32 heavy (non-hydrogen) atoms. The average Bonchev–Trinajstić information content (AvgIpc) is 3.55. The Bertz CT molecular complexity index is 937. The van der Waals surface area contributed by atoms with Crippen LogP contribution in [0, 0.1) is 11.8 Å². The molecular formula is C25H30F3NO3. The van der Waals surface area contributed by atoms with Gasteiger partial charge in [-0.3, -0.25) is 4.79 Å². The van der Waals surface area contributed by atoms with Gasteiger partial charge < -0.3 is 15.6 Å². The number of alkyl halides is 3. The normalized spacial score (nSPS) is 15.9. The minimum absolute atomic E-state index is 0.212. The van der Waals surface area contributed by atoms with E-state index in [1.54, 1.807) is 12.1 Å². The van der Waals surface area contributed by atoms with Crippen LogP contribution in [-0.4, -0.2) is 17.7 Å². The Morgan fingerprint density at radius 1 is 1.22 bits per heavy atom. The lowest BCUT2D eigenvalue weighted by Gasteiger charge is -2.21. The summed E-state index contributed by atoms with van der Waals surface area (Å²) in [5, 5.41) is 9.92. The summed E-state index contributed by atoms with van der Waals surface area (Å²) < 4.78 is 44.9. The smallest absolute Gasteiger partial charge is 0.416 e. The number of carboxylic acid groups (broad SMARTS) is 1. The summed E-state index contributed by atoms with van der Waals surface area (Å²) in [6.45, 7) is 4.57. The summed E-state index contributed by atoms with van der Waals surface area (Å²) in [7, 11) is 0. The van der Waals surface area contributed by atoms with Crippen LogP contribution in [0.1, 0.15) is 63.0 Å². The van der Waals surface area contributed by atoms with Crippen molar-refractivity contribution >= 4 is 11.7 Å². The molecule has 1 saturated carbocycles. The largest absolute Gasteiger partial charge is 0.491 e. The first kappa shape index (κ1) is 24.0. The molecule has 7 heteroatoms. The van der Waals surface area contributed by atoms with E-state index in [4.69, 9.17) is 10.5 Å². The fourth-order valence-electron chi connectivity index (χ4n) is 3.93. The summed E-state index contributed by atoms with van der Waals surface area (Å²) in [5.41, 5.74) is 7.42. The first-order valence-electron chi connectivity index (χ1n) is 11.1. The molecule has 4 nitrogen and oxygen atoms in total. The molecule has 174 valence electrons. The van der Waals surface area contributed by atoms with Crippen LogP contribution in [0.2, 0.25) is 0 Å². The van der Waals surface area contributed by atoms with E-state index in [9.17, 15) is 23.1 Å². The van der Waals surface area contributed by atoms with E-state index in [1.807, 2.05) is 6.92 Å². The number of rotatable bonds is 10. The Morgan fingerprint density at radius 2 is 1.88 bits per heavy atom. The Kier molecular flexibility index (Phi) is 7.36. The molecule has 0 radical (unpaired) electrons. The molecule has 0 saturated heterocycles.